The van der Waals surface area contributed by atoms with E-state index in [1.807, 2.05) is 18.2 Å². The number of esters is 2. The fraction of sp³-hybridized carbons (Fsp3) is 0.100. The zero-order valence-corrected chi connectivity index (χ0v) is 13.2. The van der Waals surface area contributed by atoms with Crippen LogP contribution in [0.3, 0.4) is 0 Å². The highest BCUT2D eigenvalue weighted by Crippen LogP contribution is 2.34. The van der Waals surface area contributed by atoms with Crippen LogP contribution in [0.25, 0.3) is 10.8 Å². The summed E-state index contributed by atoms with van der Waals surface area (Å²) >= 11 is 0. The van der Waals surface area contributed by atoms with E-state index in [-0.39, 0.29) is 12.4 Å². The third-order valence-corrected chi connectivity index (χ3v) is 3.55. The van der Waals surface area contributed by atoms with Gasteiger partial charge in [-0.15, -0.1) is 0 Å². The van der Waals surface area contributed by atoms with E-state index >= 15 is 0 Å². The van der Waals surface area contributed by atoms with Gasteiger partial charge in [-0.2, -0.15) is 0 Å². The number of ether oxygens (including phenoxy) is 2. The van der Waals surface area contributed by atoms with Gasteiger partial charge in [0.1, 0.15) is 11.5 Å². The molecule has 0 saturated carbocycles. The van der Waals surface area contributed by atoms with Gasteiger partial charge >= 0.3 is 11.9 Å². The van der Waals surface area contributed by atoms with Crippen LogP contribution in [-0.4, -0.2) is 11.9 Å². The van der Waals surface area contributed by atoms with Gasteiger partial charge in [-0.1, -0.05) is 49.4 Å². The smallest absolute Gasteiger partial charge is 0.343 e. The molecule has 0 heterocycles. The molecule has 0 N–H and O–H groups in total. The first-order valence-electron chi connectivity index (χ1n) is 7.68. The Bertz CT molecular complexity index is 879. The summed E-state index contributed by atoms with van der Waals surface area (Å²) in [7, 11) is 0. The first-order valence-corrected chi connectivity index (χ1v) is 7.68. The fourth-order valence-electron chi connectivity index (χ4n) is 2.37. The van der Waals surface area contributed by atoms with E-state index in [2.05, 4.69) is 0 Å². The number of rotatable bonds is 4. The molecule has 120 valence electrons. The highest BCUT2D eigenvalue weighted by Gasteiger charge is 2.15. The average molecular weight is 320 g/mol. The molecule has 0 spiro atoms. The van der Waals surface area contributed by atoms with Gasteiger partial charge in [0.15, 0.2) is 0 Å². The van der Waals surface area contributed by atoms with Crippen LogP contribution in [0.4, 0.5) is 0 Å². The fourth-order valence-corrected chi connectivity index (χ4v) is 2.37. The van der Waals surface area contributed by atoms with Gasteiger partial charge in [-0.05, 0) is 29.7 Å². The van der Waals surface area contributed by atoms with Crippen molar-refractivity contribution in [1.29, 1.82) is 0 Å². The molecule has 3 rings (SSSR count). The van der Waals surface area contributed by atoms with Gasteiger partial charge < -0.3 is 9.47 Å². The molecule has 0 aromatic heterocycles. The quantitative estimate of drug-likeness (QED) is 0.529. The average Bonchev–Trinajstić information content (AvgIpc) is 2.62. The summed E-state index contributed by atoms with van der Waals surface area (Å²) < 4.78 is 10.9. The second kappa shape index (κ2) is 6.96. The maximum Gasteiger partial charge on any atom is 0.343 e. The first kappa shape index (κ1) is 15.7. The Hall–Kier alpha value is -3.14. The molecule has 4 heteroatoms. The topological polar surface area (TPSA) is 52.6 Å². The number of hydrogen-bond donors (Lipinski definition) is 0. The largest absolute Gasteiger partial charge is 0.426 e. The highest BCUT2D eigenvalue weighted by atomic mass is 16.5. The second-order valence-electron chi connectivity index (χ2n) is 5.19. The van der Waals surface area contributed by atoms with Gasteiger partial charge in [0.2, 0.25) is 0 Å². The van der Waals surface area contributed by atoms with Crippen molar-refractivity contribution < 1.29 is 19.1 Å². The number of carbonyl (C=O) groups excluding carboxylic acids is 2. The molecule has 24 heavy (non-hydrogen) atoms. The molecular formula is C20H16O4. The molecular weight excluding hydrogens is 304 g/mol. The Morgan fingerprint density at radius 2 is 1.42 bits per heavy atom. The van der Waals surface area contributed by atoms with Gasteiger partial charge in [-0.25, -0.2) is 4.79 Å². The molecule has 0 aliphatic heterocycles. The highest BCUT2D eigenvalue weighted by molar-refractivity contribution is 5.99. The molecule has 0 bridgehead atoms. The number of fused-ring (bicyclic) bond motifs is 1. The summed E-state index contributed by atoms with van der Waals surface area (Å²) in [6.45, 7) is 1.73. The zero-order valence-electron chi connectivity index (χ0n) is 13.2. The van der Waals surface area contributed by atoms with E-state index in [0.29, 0.717) is 22.4 Å². The van der Waals surface area contributed by atoms with E-state index in [0.717, 1.165) is 5.39 Å². The van der Waals surface area contributed by atoms with Crippen LogP contribution in [0.1, 0.15) is 23.7 Å². The van der Waals surface area contributed by atoms with Crippen molar-refractivity contribution in [2.24, 2.45) is 0 Å². The summed E-state index contributed by atoms with van der Waals surface area (Å²) in [6.07, 6.45) is 0.266. The maximum atomic E-state index is 12.3. The van der Waals surface area contributed by atoms with Gasteiger partial charge in [0.05, 0.1) is 10.9 Å². The van der Waals surface area contributed by atoms with Gasteiger partial charge in [0, 0.05) is 6.42 Å². The van der Waals surface area contributed by atoms with E-state index in [1.165, 1.54) is 0 Å². The molecule has 0 aliphatic rings. The number of hydrogen-bond acceptors (Lipinski definition) is 4. The Morgan fingerprint density at radius 1 is 0.792 bits per heavy atom. The molecule has 0 unspecified atom stereocenters. The molecule has 3 aromatic carbocycles. The van der Waals surface area contributed by atoms with Gasteiger partial charge in [-0.3, -0.25) is 4.79 Å². The zero-order chi connectivity index (χ0) is 16.9. The second-order valence-corrected chi connectivity index (χ2v) is 5.19. The van der Waals surface area contributed by atoms with Crippen molar-refractivity contribution in [2.45, 2.75) is 13.3 Å². The lowest BCUT2D eigenvalue weighted by atomic mass is 10.1. The number of benzene rings is 3. The maximum absolute atomic E-state index is 12.3. The molecule has 0 aliphatic carbocycles. The van der Waals surface area contributed by atoms with Crippen molar-refractivity contribution >= 4 is 22.7 Å². The minimum absolute atomic E-state index is 0.266. The van der Waals surface area contributed by atoms with Gasteiger partial charge in [0.25, 0.3) is 0 Å². The Kier molecular flexibility index (Phi) is 4.57. The lowest BCUT2D eigenvalue weighted by Gasteiger charge is -2.11. The predicted molar refractivity (Wildman–Crippen MR) is 91.3 cm³/mol. The molecule has 4 nitrogen and oxygen atoms in total. The lowest BCUT2D eigenvalue weighted by molar-refractivity contribution is -0.133. The van der Waals surface area contributed by atoms with Crippen LogP contribution in [0.2, 0.25) is 0 Å². The molecule has 0 fully saturated rings. The lowest BCUT2D eigenvalue weighted by Crippen LogP contribution is -2.09. The Morgan fingerprint density at radius 3 is 2.04 bits per heavy atom. The van der Waals surface area contributed by atoms with E-state index in [1.54, 1.807) is 55.5 Å². The summed E-state index contributed by atoms with van der Waals surface area (Å²) in [4.78, 5) is 24.0. The van der Waals surface area contributed by atoms with Crippen molar-refractivity contribution in [3.05, 3.63) is 72.3 Å². The molecule has 0 amide bonds. The van der Waals surface area contributed by atoms with Crippen molar-refractivity contribution in [3.8, 4) is 11.5 Å². The molecule has 3 aromatic rings. The van der Waals surface area contributed by atoms with Crippen LogP contribution in [-0.2, 0) is 4.79 Å². The van der Waals surface area contributed by atoms with Crippen molar-refractivity contribution in [1.82, 2.24) is 0 Å². The summed E-state index contributed by atoms with van der Waals surface area (Å²) in [6, 6.07) is 19.5. The van der Waals surface area contributed by atoms with E-state index < -0.39 is 5.97 Å². The molecule has 0 atom stereocenters. The van der Waals surface area contributed by atoms with Crippen molar-refractivity contribution in [3.63, 3.8) is 0 Å². The monoisotopic (exact) mass is 320 g/mol. The minimum atomic E-state index is -0.459. The van der Waals surface area contributed by atoms with Crippen LogP contribution >= 0.6 is 0 Å². The number of carbonyl (C=O) groups is 2. The first-order chi connectivity index (χ1) is 11.7. The van der Waals surface area contributed by atoms with Crippen LogP contribution in [0, 0.1) is 0 Å². The van der Waals surface area contributed by atoms with Crippen LogP contribution < -0.4 is 9.47 Å². The Balaban J connectivity index is 2.01. The summed E-state index contributed by atoms with van der Waals surface area (Å²) in [5, 5.41) is 1.43. The van der Waals surface area contributed by atoms with E-state index in [4.69, 9.17) is 9.47 Å². The van der Waals surface area contributed by atoms with Crippen LogP contribution in [0.15, 0.2) is 66.7 Å². The minimum Gasteiger partial charge on any atom is -0.426 e. The molecule has 0 radical (unpaired) electrons. The standard InChI is InChI=1S/C20H16O4/c1-2-18(21)23-16-12-6-10-14-11-7-13-17(19(14)16)24-20(22)15-8-4-3-5-9-15/h3-13H,2H2,1H3. The predicted octanol–water partition coefficient (Wildman–Crippen LogP) is 4.37. The summed E-state index contributed by atoms with van der Waals surface area (Å²) in [5.74, 6) is -0.0527. The Labute approximate surface area is 139 Å². The summed E-state index contributed by atoms with van der Waals surface area (Å²) in [5.41, 5.74) is 0.456. The van der Waals surface area contributed by atoms with Crippen molar-refractivity contribution in [2.75, 3.05) is 0 Å². The third-order valence-electron chi connectivity index (χ3n) is 3.55. The SMILES string of the molecule is CCC(=O)Oc1cccc2cccc(OC(=O)c3ccccc3)c12. The van der Waals surface area contributed by atoms with E-state index in [9.17, 15) is 9.59 Å². The normalized spacial score (nSPS) is 10.4. The van der Waals surface area contributed by atoms with Crippen LogP contribution in [0.5, 0.6) is 11.5 Å². The molecule has 0 saturated heterocycles. The third kappa shape index (κ3) is 3.27.